The molecule has 0 bridgehead atoms. The maximum absolute atomic E-state index is 13.9. The second-order valence-electron chi connectivity index (χ2n) is 11.9. The lowest BCUT2D eigenvalue weighted by molar-refractivity contribution is -0.384. The molecule has 3 unspecified atom stereocenters. The van der Waals surface area contributed by atoms with Crippen molar-refractivity contribution in [3.63, 3.8) is 0 Å². The van der Waals surface area contributed by atoms with Crippen molar-refractivity contribution in [2.45, 2.75) is 63.9 Å². The quantitative estimate of drug-likeness (QED) is 0.0692. The van der Waals surface area contributed by atoms with E-state index in [1.165, 1.54) is 40.9 Å². The van der Waals surface area contributed by atoms with Crippen LogP contribution in [0.15, 0.2) is 58.5 Å². The molecule has 0 aromatic heterocycles. The number of ether oxygens (including phenoxy) is 1. The number of esters is 1. The van der Waals surface area contributed by atoms with Gasteiger partial charge in [0.1, 0.15) is 6.61 Å². The van der Waals surface area contributed by atoms with Crippen LogP contribution < -0.4 is 0 Å². The van der Waals surface area contributed by atoms with Crippen LogP contribution >= 0.6 is 35.3 Å². The Bertz CT molecular complexity index is 1500. The van der Waals surface area contributed by atoms with Crippen molar-refractivity contribution in [2.24, 2.45) is 5.92 Å². The number of benzene rings is 2. The zero-order valence-corrected chi connectivity index (χ0v) is 28.9. The first-order valence-electron chi connectivity index (χ1n) is 13.8. The van der Waals surface area contributed by atoms with Gasteiger partial charge in [-0.3, -0.25) is 29.4 Å². The van der Waals surface area contributed by atoms with E-state index >= 15 is 0 Å². The maximum atomic E-state index is 13.9. The fourth-order valence-corrected chi connectivity index (χ4v) is 9.14. The van der Waals surface area contributed by atoms with Crippen molar-refractivity contribution in [2.75, 3.05) is 6.26 Å². The molecule has 0 spiro atoms. The fourth-order valence-electron chi connectivity index (χ4n) is 4.57. The molecule has 2 aliphatic rings. The number of carbonyl (C=O) groups is 4. The highest BCUT2D eigenvalue weighted by Gasteiger charge is 2.55. The third kappa shape index (κ3) is 6.83. The summed E-state index contributed by atoms with van der Waals surface area (Å²) in [5.74, 6) is -1.83. The number of carbonyl (C=O) groups excluding carboxylic acids is 4. The number of thioether (sulfide) groups is 3. The highest BCUT2D eigenvalue weighted by Crippen LogP contribution is 2.48. The molecule has 3 atom stereocenters. The van der Waals surface area contributed by atoms with Crippen molar-refractivity contribution in [1.82, 2.24) is 4.90 Å². The first kappa shape index (κ1) is 34.0. The number of rotatable bonds is 9. The lowest BCUT2D eigenvalue weighted by Crippen LogP contribution is -2.64. The summed E-state index contributed by atoms with van der Waals surface area (Å²) in [5.41, 5.74) is 0.624. The van der Waals surface area contributed by atoms with Gasteiger partial charge in [0, 0.05) is 23.3 Å². The Labute approximate surface area is 270 Å². The average molecular weight is 675 g/mol. The third-order valence-electron chi connectivity index (χ3n) is 8.00. The molecule has 2 aromatic carbocycles. The summed E-state index contributed by atoms with van der Waals surface area (Å²) in [7, 11) is -2.23. The summed E-state index contributed by atoms with van der Waals surface area (Å²) in [5, 5.41) is 9.54. The smallest absolute Gasteiger partial charge is 0.357 e. The summed E-state index contributed by atoms with van der Waals surface area (Å²) >= 11 is 2.79. The van der Waals surface area contributed by atoms with Crippen molar-refractivity contribution in [3.8, 4) is 0 Å². The molecule has 0 N–H and O–H groups in total. The molecule has 1 fully saturated rings. The Morgan fingerprint density at radius 3 is 2.07 bits per heavy atom. The predicted octanol–water partition coefficient (Wildman–Crippen LogP) is 6.83. The second-order valence-corrected chi connectivity index (χ2v) is 19.8. The Hall–Kier alpha value is -2.91. The van der Waals surface area contributed by atoms with Gasteiger partial charge in [-0.25, -0.2) is 4.79 Å². The number of non-ortho nitro benzene ring substituents is 1. The fraction of sp³-hybridized carbons (Fsp3) is 0.400. The van der Waals surface area contributed by atoms with Crippen molar-refractivity contribution < 1.29 is 33.3 Å². The number of nitro groups is 1. The Balaban J connectivity index is 1.69. The molecule has 4 rings (SSSR count). The minimum Gasteiger partial charge on any atom is -0.456 e. The molecule has 1 amide bonds. The zero-order chi connectivity index (χ0) is 32.6. The van der Waals surface area contributed by atoms with Crippen LogP contribution in [0, 0.1) is 16.0 Å². The molecule has 10 nitrogen and oxygen atoms in total. The van der Waals surface area contributed by atoms with E-state index in [9.17, 15) is 29.3 Å². The van der Waals surface area contributed by atoms with Gasteiger partial charge in [-0.1, -0.05) is 32.9 Å². The normalized spacial score (nSPS) is 19.6. The van der Waals surface area contributed by atoms with Gasteiger partial charge in [-0.15, -0.1) is 11.8 Å². The summed E-state index contributed by atoms with van der Waals surface area (Å²) < 4.78 is 12.2. The topological polar surface area (TPSA) is 133 Å². The van der Waals surface area contributed by atoms with Crippen LogP contribution in [0.1, 0.15) is 54.0 Å². The van der Waals surface area contributed by atoms with Crippen LogP contribution in [0.3, 0.4) is 0 Å². The number of fused-ring (bicyclic) bond motifs is 1. The number of nitro benzene ring substituents is 1. The van der Waals surface area contributed by atoms with Crippen LogP contribution in [0.2, 0.25) is 18.1 Å². The van der Waals surface area contributed by atoms with E-state index in [4.69, 9.17) is 9.16 Å². The standard InChI is InChI=1S/C30H34N2O8S3Si/c1-17(40-44(6,7)30(2,3)4)22-24(33)31(25(22)41-5)23(26(34)39-16-18-12-14-19(15-13-18)32(37)38)29-42-27(35)20-10-8-9-11-21(20)28(36)43-29/h8-15,17,22,25H,16H2,1-7H3. The Morgan fingerprint density at radius 1 is 1.05 bits per heavy atom. The molecule has 44 heavy (non-hydrogen) atoms. The van der Waals surface area contributed by atoms with Crippen molar-refractivity contribution >= 4 is 71.4 Å². The molecule has 234 valence electrons. The van der Waals surface area contributed by atoms with Gasteiger partial charge in [-0.05, 0) is 84.7 Å². The molecule has 2 aromatic rings. The summed E-state index contributed by atoms with van der Waals surface area (Å²) in [6, 6.07) is 11.9. The number of likely N-dealkylation sites (tertiary alicyclic amines) is 1. The zero-order valence-electron chi connectivity index (χ0n) is 25.4. The molecule has 2 aliphatic heterocycles. The van der Waals surface area contributed by atoms with E-state index in [-0.39, 0.29) is 44.3 Å². The van der Waals surface area contributed by atoms with E-state index in [1.807, 2.05) is 13.2 Å². The van der Waals surface area contributed by atoms with Gasteiger partial charge >= 0.3 is 5.97 Å². The highest BCUT2D eigenvalue weighted by atomic mass is 32.2. The summed E-state index contributed by atoms with van der Waals surface area (Å²) in [6.07, 6.45) is 1.38. The largest absolute Gasteiger partial charge is 0.456 e. The predicted molar refractivity (Wildman–Crippen MR) is 176 cm³/mol. The molecule has 2 heterocycles. The van der Waals surface area contributed by atoms with Crippen LogP contribution in [-0.2, 0) is 25.4 Å². The monoisotopic (exact) mass is 674 g/mol. The molecular formula is C30H34N2O8S3Si. The van der Waals surface area contributed by atoms with Crippen molar-refractivity contribution in [3.05, 3.63) is 85.3 Å². The van der Waals surface area contributed by atoms with E-state index < -0.39 is 46.8 Å². The number of amides is 1. The van der Waals surface area contributed by atoms with E-state index in [1.54, 1.807) is 24.3 Å². The first-order chi connectivity index (χ1) is 20.6. The first-order valence-corrected chi connectivity index (χ1v) is 19.6. The average Bonchev–Trinajstić information content (AvgIpc) is 3.07. The van der Waals surface area contributed by atoms with Crippen LogP contribution in [-0.4, -0.2) is 58.0 Å². The maximum Gasteiger partial charge on any atom is 0.357 e. The Kier molecular flexibility index (Phi) is 10.2. The minimum atomic E-state index is -2.23. The van der Waals surface area contributed by atoms with Gasteiger partial charge in [0.2, 0.25) is 16.1 Å². The molecule has 0 aliphatic carbocycles. The summed E-state index contributed by atoms with van der Waals surface area (Å²) in [4.78, 5) is 66.0. The third-order valence-corrected chi connectivity index (χ3v) is 15.6. The highest BCUT2D eigenvalue weighted by molar-refractivity contribution is 8.35. The molecular weight excluding hydrogens is 641 g/mol. The minimum absolute atomic E-state index is 0.0497. The van der Waals surface area contributed by atoms with Crippen molar-refractivity contribution in [1.29, 1.82) is 0 Å². The van der Waals surface area contributed by atoms with Gasteiger partial charge in [0.25, 0.3) is 5.69 Å². The van der Waals surface area contributed by atoms with Crippen LogP contribution in [0.25, 0.3) is 0 Å². The van der Waals surface area contributed by atoms with Gasteiger partial charge in [0.05, 0.1) is 26.6 Å². The van der Waals surface area contributed by atoms with Gasteiger partial charge in [0.15, 0.2) is 14.0 Å². The van der Waals surface area contributed by atoms with Gasteiger partial charge in [-0.2, -0.15) is 0 Å². The molecule has 0 saturated carbocycles. The SMILES string of the molecule is CSC1C(C(C)O[Si](C)(C)C(C)(C)C)C(=O)N1C(C(=O)OCc1ccc([N+](=O)[O-])cc1)=C1SC(=O)c2ccccc2C(=O)S1. The number of β-lactam (4-membered cyclic amide) rings is 1. The van der Waals surface area contributed by atoms with Crippen LogP contribution in [0.5, 0.6) is 0 Å². The lowest BCUT2D eigenvalue weighted by Gasteiger charge is -2.50. The van der Waals surface area contributed by atoms with E-state index in [0.717, 1.165) is 0 Å². The Morgan fingerprint density at radius 2 is 1.59 bits per heavy atom. The van der Waals surface area contributed by atoms with Crippen LogP contribution in [0.4, 0.5) is 5.69 Å². The number of hydrogen-bond acceptors (Lipinski definition) is 11. The molecule has 0 radical (unpaired) electrons. The number of hydrogen-bond donors (Lipinski definition) is 0. The molecule has 14 heteroatoms. The lowest BCUT2D eigenvalue weighted by atomic mass is 9.92. The van der Waals surface area contributed by atoms with Gasteiger partial charge < -0.3 is 9.16 Å². The molecule has 1 saturated heterocycles. The number of nitrogens with zero attached hydrogens (tertiary/aromatic N) is 2. The van der Waals surface area contributed by atoms with E-state index in [0.29, 0.717) is 29.1 Å². The second kappa shape index (κ2) is 13.2. The van der Waals surface area contributed by atoms with E-state index in [2.05, 4.69) is 33.9 Å². The summed E-state index contributed by atoms with van der Waals surface area (Å²) in [6.45, 7) is 12.2.